The van der Waals surface area contributed by atoms with E-state index < -0.39 is 6.10 Å². The number of aliphatic hydroxyl groups is 1. The van der Waals surface area contributed by atoms with E-state index in [0.717, 1.165) is 0 Å². The van der Waals surface area contributed by atoms with Gasteiger partial charge in [-0.3, -0.25) is 5.32 Å². The number of amides is 2. The van der Waals surface area contributed by atoms with Gasteiger partial charge in [-0.2, -0.15) is 0 Å². The van der Waals surface area contributed by atoms with Crippen LogP contribution in [0.25, 0.3) is 0 Å². The number of hydrogen-bond donors (Lipinski definition) is 3. The van der Waals surface area contributed by atoms with Crippen LogP contribution in [0.15, 0.2) is 0 Å². The van der Waals surface area contributed by atoms with E-state index in [1.54, 1.807) is 0 Å². The van der Waals surface area contributed by atoms with Crippen molar-refractivity contribution < 1.29 is 9.90 Å². The van der Waals surface area contributed by atoms with Crippen molar-refractivity contribution in [2.24, 2.45) is 0 Å². The van der Waals surface area contributed by atoms with E-state index in [4.69, 9.17) is 5.11 Å². The third-order valence-corrected chi connectivity index (χ3v) is 1.37. The minimum atomic E-state index is -0.724. The highest BCUT2D eigenvalue weighted by Gasteiger charge is 2.19. The van der Waals surface area contributed by atoms with E-state index in [-0.39, 0.29) is 17.6 Å². The summed E-state index contributed by atoms with van der Waals surface area (Å²) in [5.74, 6) is 0. The zero-order valence-electron chi connectivity index (χ0n) is 4.55. The summed E-state index contributed by atoms with van der Waals surface area (Å²) >= 11 is 4.58. The Balaban J connectivity index is 2.54. The second-order valence-electron chi connectivity index (χ2n) is 1.72. The van der Waals surface area contributed by atoms with Crippen molar-refractivity contribution in [3.05, 3.63) is 0 Å². The van der Waals surface area contributed by atoms with Gasteiger partial charge in [-0.1, -0.05) is 12.2 Å². The molecule has 0 aromatic carbocycles. The number of thiocarbonyl (C=S) groups is 1. The largest absolute Gasteiger partial charge is 0.384 e. The molecule has 0 saturated carbocycles. The van der Waals surface area contributed by atoms with Gasteiger partial charge >= 0.3 is 6.03 Å². The minimum Gasteiger partial charge on any atom is -0.384 e. The smallest absolute Gasteiger partial charge is 0.319 e. The van der Waals surface area contributed by atoms with Gasteiger partial charge in [-0.05, 0) is 0 Å². The monoisotopic (exact) mass is 146 g/mol. The van der Waals surface area contributed by atoms with E-state index in [1.807, 2.05) is 0 Å². The number of carbonyl (C=O) groups is 1. The lowest BCUT2D eigenvalue weighted by Crippen LogP contribution is -2.54. The van der Waals surface area contributed by atoms with Crippen molar-refractivity contribution in [1.82, 2.24) is 10.6 Å². The van der Waals surface area contributed by atoms with Crippen LogP contribution in [-0.2, 0) is 0 Å². The number of carbonyl (C=O) groups excluding carboxylic acids is 1. The first-order chi connectivity index (χ1) is 4.20. The molecule has 0 spiro atoms. The van der Waals surface area contributed by atoms with Crippen LogP contribution in [0.4, 0.5) is 4.79 Å². The molecule has 50 valence electrons. The summed E-state index contributed by atoms with van der Waals surface area (Å²) in [6.45, 7) is 0.213. The predicted octanol–water partition coefficient (Wildman–Crippen LogP) is -1.01. The number of β-amino-alcohol motifs (C(OH)–C–C–N with tert-alkyl or cyclic N) is 1. The Hall–Kier alpha value is -0.680. The summed E-state index contributed by atoms with van der Waals surface area (Å²) in [5, 5.41) is 13.5. The molecule has 0 bridgehead atoms. The second kappa shape index (κ2) is 2.28. The molecule has 0 aliphatic carbocycles. The average Bonchev–Trinajstić information content (AvgIpc) is 1.80. The Labute approximate surface area is 57.2 Å². The van der Waals surface area contributed by atoms with Gasteiger partial charge in [-0.25, -0.2) is 4.79 Å². The Morgan fingerprint density at radius 3 is 2.89 bits per heavy atom. The summed E-state index contributed by atoms with van der Waals surface area (Å²) in [7, 11) is 0. The molecule has 9 heavy (non-hydrogen) atoms. The van der Waals surface area contributed by atoms with Gasteiger partial charge in [0, 0.05) is 0 Å². The predicted molar refractivity (Wildman–Crippen MR) is 35.1 cm³/mol. The number of urea groups is 1. The van der Waals surface area contributed by atoms with Crippen LogP contribution in [0.2, 0.25) is 0 Å². The van der Waals surface area contributed by atoms with Gasteiger partial charge in [0.25, 0.3) is 0 Å². The fourth-order valence-electron chi connectivity index (χ4n) is 0.521. The summed E-state index contributed by atoms with van der Waals surface area (Å²) < 4.78 is 0. The Morgan fingerprint density at radius 2 is 2.44 bits per heavy atom. The Bertz CT molecular complexity index is 159. The molecular weight excluding hydrogens is 140 g/mol. The molecular formula is C4H6N2O2S. The van der Waals surface area contributed by atoms with Gasteiger partial charge in [0.15, 0.2) is 0 Å². The maximum Gasteiger partial charge on any atom is 0.319 e. The number of nitrogens with one attached hydrogen (secondary N) is 2. The van der Waals surface area contributed by atoms with Crippen molar-refractivity contribution in [1.29, 1.82) is 0 Å². The van der Waals surface area contributed by atoms with Crippen LogP contribution in [0.5, 0.6) is 0 Å². The van der Waals surface area contributed by atoms with Gasteiger partial charge in [-0.15, -0.1) is 0 Å². The van der Waals surface area contributed by atoms with Crippen LogP contribution < -0.4 is 10.6 Å². The second-order valence-corrected chi connectivity index (χ2v) is 2.15. The molecule has 1 rings (SSSR count). The van der Waals surface area contributed by atoms with E-state index in [2.05, 4.69) is 22.9 Å². The SMILES string of the molecule is O=C1NCC(O)C(=S)N1. The van der Waals surface area contributed by atoms with Crippen LogP contribution in [0.1, 0.15) is 0 Å². The quantitative estimate of drug-likeness (QED) is 0.384. The first kappa shape index (κ1) is 6.44. The molecule has 2 amide bonds. The van der Waals surface area contributed by atoms with Crippen molar-refractivity contribution in [3.63, 3.8) is 0 Å². The van der Waals surface area contributed by atoms with E-state index in [9.17, 15) is 4.79 Å². The van der Waals surface area contributed by atoms with Crippen molar-refractivity contribution in [3.8, 4) is 0 Å². The highest BCUT2D eigenvalue weighted by atomic mass is 32.1. The molecule has 1 heterocycles. The molecule has 1 aliphatic heterocycles. The lowest BCUT2D eigenvalue weighted by atomic mass is 10.3. The lowest BCUT2D eigenvalue weighted by molar-refractivity contribution is 0.209. The maximum atomic E-state index is 10.4. The first-order valence-corrected chi connectivity index (χ1v) is 2.88. The molecule has 0 aromatic rings. The van der Waals surface area contributed by atoms with Gasteiger partial charge in [0.2, 0.25) is 0 Å². The van der Waals surface area contributed by atoms with E-state index >= 15 is 0 Å². The normalized spacial score (nSPS) is 27.0. The third kappa shape index (κ3) is 1.36. The molecule has 1 aliphatic rings. The molecule has 1 atom stereocenters. The molecule has 1 fully saturated rings. The Morgan fingerprint density at radius 1 is 1.78 bits per heavy atom. The van der Waals surface area contributed by atoms with Crippen molar-refractivity contribution in [2.75, 3.05) is 6.54 Å². The molecule has 1 unspecified atom stereocenters. The zero-order valence-corrected chi connectivity index (χ0v) is 5.36. The van der Waals surface area contributed by atoms with E-state index in [0.29, 0.717) is 0 Å². The molecule has 1 saturated heterocycles. The number of hydrogen-bond acceptors (Lipinski definition) is 3. The first-order valence-electron chi connectivity index (χ1n) is 2.47. The van der Waals surface area contributed by atoms with Gasteiger partial charge < -0.3 is 10.4 Å². The summed E-state index contributed by atoms with van der Waals surface area (Å²) in [4.78, 5) is 10.6. The molecule has 5 heteroatoms. The number of rotatable bonds is 0. The third-order valence-electron chi connectivity index (χ3n) is 0.995. The summed E-state index contributed by atoms with van der Waals surface area (Å²) in [5.41, 5.74) is 0. The van der Waals surface area contributed by atoms with E-state index in [1.165, 1.54) is 0 Å². The van der Waals surface area contributed by atoms with Gasteiger partial charge in [0.1, 0.15) is 11.1 Å². The van der Waals surface area contributed by atoms with Crippen molar-refractivity contribution in [2.45, 2.75) is 6.10 Å². The highest BCUT2D eigenvalue weighted by molar-refractivity contribution is 7.80. The lowest BCUT2D eigenvalue weighted by Gasteiger charge is -2.19. The van der Waals surface area contributed by atoms with Crippen LogP contribution in [-0.4, -0.2) is 28.8 Å². The summed E-state index contributed by atoms with van der Waals surface area (Å²) in [6, 6.07) is -0.342. The summed E-state index contributed by atoms with van der Waals surface area (Å²) in [6.07, 6.45) is -0.724. The average molecular weight is 146 g/mol. The van der Waals surface area contributed by atoms with Gasteiger partial charge in [0.05, 0.1) is 6.54 Å². The molecule has 3 N–H and O–H groups in total. The maximum absolute atomic E-state index is 10.4. The van der Waals surface area contributed by atoms with Crippen LogP contribution >= 0.6 is 12.2 Å². The fourth-order valence-corrected chi connectivity index (χ4v) is 0.697. The minimum absolute atomic E-state index is 0.193. The molecule has 4 nitrogen and oxygen atoms in total. The van der Waals surface area contributed by atoms with Crippen molar-refractivity contribution >= 4 is 23.2 Å². The van der Waals surface area contributed by atoms with Crippen LogP contribution in [0, 0.1) is 0 Å². The standard InChI is InChI=1S/C4H6N2O2S/c7-2-1-5-4(8)6-3(2)9/h2,7H,1H2,(H2,5,6,8,9). The molecule has 0 radical (unpaired) electrons. The van der Waals surface area contributed by atoms with Crippen LogP contribution in [0.3, 0.4) is 0 Å². The highest BCUT2D eigenvalue weighted by Crippen LogP contribution is 1.89. The zero-order chi connectivity index (χ0) is 6.85. The number of aliphatic hydroxyl groups excluding tert-OH is 1. The Kier molecular flexibility index (Phi) is 1.63. The topological polar surface area (TPSA) is 61.4 Å². The fraction of sp³-hybridized carbons (Fsp3) is 0.500. The molecule has 0 aromatic heterocycles.